The molecule has 2 fully saturated rings. The van der Waals surface area contributed by atoms with Crippen LogP contribution in [-0.2, 0) is 19.1 Å². The van der Waals surface area contributed by atoms with Crippen LogP contribution in [0.25, 0.3) is 0 Å². The first-order valence-electron chi connectivity index (χ1n) is 9.75. The van der Waals surface area contributed by atoms with Crippen molar-refractivity contribution in [2.24, 2.45) is 5.41 Å². The molecule has 3 rings (SSSR count). The quantitative estimate of drug-likeness (QED) is 0.594. The van der Waals surface area contributed by atoms with Crippen molar-refractivity contribution in [3.8, 4) is 11.8 Å². The third-order valence-electron chi connectivity index (χ3n) is 5.73. The van der Waals surface area contributed by atoms with Gasteiger partial charge in [-0.2, -0.15) is 0 Å². The Bertz CT molecular complexity index is 841. The monoisotopic (exact) mass is 381 g/mol. The topological polar surface area (TPSA) is 63.7 Å². The van der Waals surface area contributed by atoms with E-state index in [2.05, 4.69) is 11.8 Å². The molecular formula is C23H27NO4. The highest BCUT2D eigenvalue weighted by molar-refractivity contribution is 6.11. The summed E-state index contributed by atoms with van der Waals surface area (Å²) in [5.41, 5.74) is 3.21. The zero-order valence-electron chi connectivity index (χ0n) is 17.1. The molecule has 2 aliphatic rings. The molecule has 0 bridgehead atoms. The molecule has 148 valence electrons. The van der Waals surface area contributed by atoms with Gasteiger partial charge in [-0.25, -0.2) is 0 Å². The molecule has 28 heavy (non-hydrogen) atoms. The maximum absolute atomic E-state index is 13.0. The first-order chi connectivity index (χ1) is 13.3. The molecule has 0 radical (unpaired) electrons. The number of ketones is 2. The molecule has 0 unspecified atom stereocenters. The van der Waals surface area contributed by atoms with E-state index < -0.39 is 5.92 Å². The van der Waals surface area contributed by atoms with Gasteiger partial charge in [-0.1, -0.05) is 5.92 Å². The van der Waals surface area contributed by atoms with Crippen molar-refractivity contribution in [1.82, 2.24) is 4.90 Å². The van der Waals surface area contributed by atoms with E-state index >= 15 is 0 Å². The SMILES string of the molecule is CC#Cc1cc(C)c(C2C(=O)CC3(CC2=O)CN(C(=O)COCC)C3)c(C)c1. The predicted molar refractivity (Wildman–Crippen MR) is 106 cm³/mol. The van der Waals surface area contributed by atoms with Gasteiger partial charge in [0, 0.05) is 43.5 Å². The normalized spacial score (nSPS) is 18.6. The van der Waals surface area contributed by atoms with Crippen molar-refractivity contribution >= 4 is 17.5 Å². The van der Waals surface area contributed by atoms with Crippen LogP contribution < -0.4 is 0 Å². The lowest BCUT2D eigenvalue weighted by atomic mass is 9.63. The lowest BCUT2D eigenvalue weighted by Gasteiger charge is -2.52. The average molecular weight is 381 g/mol. The summed E-state index contributed by atoms with van der Waals surface area (Å²) in [4.78, 5) is 39.7. The zero-order valence-corrected chi connectivity index (χ0v) is 17.1. The molecule has 1 amide bonds. The Morgan fingerprint density at radius 3 is 2.25 bits per heavy atom. The molecule has 1 aliphatic heterocycles. The summed E-state index contributed by atoms with van der Waals surface area (Å²) in [6.07, 6.45) is 0.689. The largest absolute Gasteiger partial charge is 0.372 e. The van der Waals surface area contributed by atoms with Gasteiger partial charge in [0.25, 0.3) is 0 Å². The molecule has 1 aromatic carbocycles. The van der Waals surface area contributed by atoms with E-state index in [-0.39, 0.29) is 29.5 Å². The average Bonchev–Trinajstić information content (AvgIpc) is 2.59. The summed E-state index contributed by atoms with van der Waals surface area (Å²) in [5.74, 6) is 5.08. The third kappa shape index (κ3) is 3.74. The van der Waals surface area contributed by atoms with Gasteiger partial charge in [-0.15, -0.1) is 5.92 Å². The van der Waals surface area contributed by atoms with E-state index in [1.54, 1.807) is 11.8 Å². The summed E-state index contributed by atoms with van der Waals surface area (Å²) >= 11 is 0. The van der Waals surface area contributed by atoms with Crippen LogP contribution in [0.4, 0.5) is 0 Å². The molecule has 0 N–H and O–H groups in total. The lowest BCUT2D eigenvalue weighted by molar-refractivity contribution is -0.157. The molecule has 5 heteroatoms. The second-order valence-corrected chi connectivity index (χ2v) is 8.00. The second-order valence-electron chi connectivity index (χ2n) is 8.00. The minimum atomic E-state index is -0.692. The number of amides is 1. The van der Waals surface area contributed by atoms with Gasteiger partial charge >= 0.3 is 0 Å². The van der Waals surface area contributed by atoms with Crippen molar-refractivity contribution in [3.05, 3.63) is 34.4 Å². The van der Waals surface area contributed by atoms with Gasteiger partial charge < -0.3 is 9.64 Å². The number of benzene rings is 1. The molecule has 1 spiro atoms. The second kappa shape index (κ2) is 7.89. The predicted octanol–water partition coefficient (Wildman–Crippen LogP) is 2.56. The van der Waals surface area contributed by atoms with E-state index in [1.807, 2.05) is 32.9 Å². The number of carbonyl (C=O) groups is 3. The molecule has 1 aromatic rings. The van der Waals surface area contributed by atoms with E-state index in [0.29, 0.717) is 32.5 Å². The number of likely N-dealkylation sites (tertiary alicyclic amines) is 1. The molecular weight excluding hydrogens is 354 g/mol. The smallest absolute Gasteiger partial charge is 0.248 e. The standard InChI is InChI=1S/C23H27NO4/c1-5-7-17-8-15(3)21(16(4)9-17)22-18(25)10-23(11-19(22)26)13-24(14-23)20(27)12-28-6-2/h8-9,22H,6,10-14H2,1-4H3. The fourth-order valence-electron chi connectivity index (χ4n) is 4.60. The van der Waals surface area contributed by atoms with Gasteiger partial charge in [0.15, 0.2) is 0 Å². The first kappa shape index (κ1) is 20.3. The number of ether oxygens (including phenoxy) is 1. The Morgan fingerprint density at radius 2 is 1.75 bits per heavy atom. The highest BCUT2D eigenvalue weighted by atomic mass is 16.5. The lowest BCUT2D eigenvalue weighted by Crippen LogP contribution is -2.62. The van der Waals surface area contributed by atoms with Crippen molar-refractivity contribution in [2.75, 3.05) is 26.3 Å². The number of carbonyl (C=O) groups excluding carboxylic acids is 3. The van der Waals surface area contributed by atoms with Gasteiger partial charge in [-0.3, -0.25) is 14.4 Å². The van der Waals surface area contributed by atoms with Crippen molar-refractivity contribution < 1.29 is 19.1 Å². The maximum Gasteiger partial charge on any atom is 0.248 e. The highest BCUT2D eigenvalue weighted by Crippen LogP contribution is 2.46. The first-order valence-corrected chi connectivity index (χ1v) is 9.75. The number of rotatable bonds is 4. The molecule has 5 nitrogen and oxygen atoms in total. The Labute approximate surface area is 166 Å². The van der Waals surface area contributed by atoms with Crippen molar-refractivity contribution in [1.29, 1.82) is 0 Å². The number of aryl methyl sites for hydroxylation is 2. The minimum Gasteiger partial charge on any atom is -0.372 e. The summed E-state index contributed by atoms with van der Waals surface area (Å²) in [5, 5.41) is 0. The molecule has 1 heterocycles. The van der Waals surface area contributed by atoms with Gasteiger partial charge in [0.05, 0.1) is 0 Å². The Kier molecular flexibility index (Phi) is 5.71. The van der Waals surface area contributed by atoms with Crippen LogP contribution in [0.3, 0.4) is 0 Å². The summed E-state index contributed by atoms with van der Waals surface area (Å²) in [7, 11) is 0. The fraction of sp³-hybridized carbons (Fsp3) is 0.522. The van der Waals surface area contributed by atoms with Crippen LogP contribution in [0.5, 0.6) is 0 Å². The van der Waals surface area contributed by atoms with Crippen LogP contribution in [0, 0.1) is 31.1 Å². The third-order valence-corrected chi connectivity index (χ3v) is 5.73. The van der Waals surface area contributed by atoms with Gasteiger partial charge in [-0.05, 0) is 56.5 Å². The van der Waals surface area contributed by atoms with Crippen LogP contribution in [-0.4, -0.2) is 48.7 Å². The van der Waals surface area contributed by atoms with Crippen LogP contribution in [0.2, 0.25) is 0 Å². The summed E-state index contributed by atoms with van der Waals surface area (Å²) in [6.45, 7) is 8.98. The van der Waals surface area contributed by atoms with Crippen LogP contribution in [0.1, 0.15) is 54.9 Å². The Balaban J connectivity index is 1.75. The molecule has 0 aromatic heterocycles. The van der Waals surface area contributed by atoms with Gasteiger partial charge in [0.1, 0.15) is 24.1 Å². The zero-order chi connectivity index (χ0) is 20.5. The Morgan fingerprint density at radius 1 is 1.18 bits per heavy atom. The van der Waals surface area contributed by atoms with Gasteiger partial charge in [0.2, 0.25) is 5.91 Å². The Hall–Kier alpha value is -2.45. The van der Waals surface area contributed by atoms with E-state index in [4.69, 9.17) is 4.74 Å². The highest BCUT2D eigenvalue weighted by Gasteiger charge is 2.53. The maximum atomic E-state index is 13.0. The van der Waals surface area contributed by atoms with E-state index in [0.717, 1.165) is 22.3 Å². The summed E-state index contributed by atoms with van der Waals surface area (Å²) < 4.78 is 5.16. The fourth-order valence-corrected chi connectivity index (χ4v) is 4.60. The summed E-state index contributed by atoms with van der Waals surface area (Å²) in [6, 6.07) is 3.89. The molecule has 1 saturated heterocycles. The van der Waals surface area contributed by atoms with E-state index in [9.17, 15) is 14.4 Å². The van der Waals surface area contributed by atoms with Crippen molar-refractivity contribution in [2.45, 2.75) is 46.5 Å². The van der Waals surface area contributed by atoms with Crippen molar-refractivity contribution in [3.63, 3.8) is 0 Å². The number of hydrogen-bond acceptors (Lipinski definition) is 4. The number of Topliss-reactive ketones (excluding diaryl/α,β-unsaturated/α-hetero) is 2. The molecule has 0 atom stereocenters. The van der Waals surface area contributed by atoms with E-state index in [1.165, 1.54) is 0 Å². The van der Waals surface area contributed by atoms with Crippen LogP contribution >= 0.6 is 0 Å². The minimum absolute atomic E-state index is 0.0336. The molecule has 1 saturated carbocycles. The molecule has 1 aliphatic carbocycles. The number of nitrogens with zero attached hydrogens (tertiary/aromatic N) is 1. The van der Waals surface area contributed by atoms with Crippen LogP contribution in [0.15, 0.2) is 12.1 Å². The number of hydrogen-bond donors (Lipinski definition) is 0.